The molecule has 5 heteroatoms. The number of rotatable bonds is 2. The highest BCUT2D eigenvalue weighted by atomic mass is 79.9. The third kappa shape index (κ3) is 4.21. The van der Waals surface area contributed by atoms with Gasteiger partial charge in [-0.25, -0.2) is 4.39 Å². The minimum Gasteiger partial charge on any atom is -0.328 e. The van der Waals surface area contributed by atoms with Gasteiger partial charge < -0.3 is 5.73 Å². The molecule has 1 saturated heterocycles. The lowest BCUT2D eigenvalue weighted by Gasteiger charge is -2.30. The Morgan fingerprint density at radius 3 is 2.59 bits per heavy atom. The van der Waals surface area contributed by atoms with E-state index < -0.39 is 0 Å². The second-order valence-corrected chi connectivity index (χ2v) is 5.26. The predicted molar refractivity (Wildman–Crippen MR) is 73.8 cm³/mol. The van der Waals surface area contributed by atoms with Crippen LogP contribution in [0.3, 0.4) is 0 Å². The standard InChI is InChI=1S/C12H16BrFN2.ClH/c13-10-2-1-9(12(14)7-10)8-16-5-3-11(15)4-6-16;/h1-2,7,11H,3-6,8,15H2;1H. The van der Waals surface area contributed by atoms with E-state index in [2.05, 4.69) is 20.8 Å². The van der Waals surface area contributed by atoms with Crippen LogP contribution in [0.2, 0.25) is 0 Å². The Morgan fingerprint density at radius 1 is 1.35 bits per heavy atom. The molecule has 17 heavy (non-hydrogen) atoms. The highest BCUT2D eigenvalue weighted by Crippen LogP contribution is 2.18. The molecule has 2 nitrogen and oxygen atoms in total. The van der Waals surface area contributed by atoms with Gasteiger partial charge in [0.05, 0.1) is 0 Å². The van der Waals surface area contributed by atoms with E-state index in [4.69, 9.17) is 5.73 Å². The number of hydrogen-bond acceptors (Lipinski definition) is 2. The molecule has 1 heterocycles. The first kappa shape index (κ1) is 14.9. The van der Waals surface area contributed by atoms with Crippen molar-refractivity contribution < 1.29 is 4.39 Å². The van der Waals surface area contributed by atoms with Crippen LogP contribution in [0.25, 0.3) is 0 Å². The minimum atomic E-state index is -0.135. The van der Waals surface area contributed by atoms with Crippen LogP contribution in [0.15, 0.2) is 22.7 Å². The molecule has 0 spiro atoms. The van der Waals surface area contributed by atoms with Crippen molar-refractivity contribution in [3.05, 3.63) is 34.1 Å². The van der Waals surface area contributed by atoms with Gasteiger partial charge in [0.25, 0.3) is 0 Å². The number of benzene rings is 1. The Morgan fingerprint density at radius 2 is 2.00 bits per heavy atom. The van der Waals surface area contributed by atoms with E-state index in [1.54, 1.807) is 0 Å². The van der Waals surface area contributed by atoms with Crippen LogP contribution in [0.5, 0.6) is 0 Å². The molecule has 0 radical (unpaired) electrons. The van der Waals surface area contributed by atoms with Crippen LogP contribution in [0.4, 0.5) is 4.39 Å². The van der Waals surface area contributed by atoms with Crippen LogP contribution in [-0.4, -0.2) is 24.0 Å². The zero-order valence-electron chi connectivity index (χ0n) is 9.53. The molecule has 2 rings (SSSR count). The molecule has 1 aromatic carbocycles. The number of piperidine rings is 1. The van der Waals surface area contributed by atoms with Crippen molar-refractivity contribution in [3.63, 3.8) is 0 Å². The van der Waals surface area contributed by atoms with Crippen molar-refractivity contribution in [1.82, 2.24) is 4.90 Å². The highest BCUT2D eigenvalue weighted by molar-refractivity contribution is 9.10. The van der Waals surface area contributed by atoms with Crippen molar-refractivity contribution in [2.45, 2.75) is 25.4 Å². The first-order valence-corrected chi connectivity index (χ1v) is 6.36. The largest absolute Gasteiger partial charge is 0.328 e. The van der Waals surface area contributed by atoms with Gasteiger partial charge in [0, 0.05) is 22.6 Å². The monoisotopic (exact) mass is 322 g/mol. The summed E-state index contributed by atoms with van der Waals surface area (Å²) < 4.78 is 14.4. The van der Waals surface area contributed by atoms with E-state index in [1.807, 2.05) is 12.1 Å². The second kappa shape index (κ2) is 6.69. The van der Waals surface area contributed by atoms with Gasteiger partial charge in [-0.1, -0.05) is 22.0 Å². The van der Waals surface area contributed by atoms with Crippen molar-refractivity contribution in [1.29, 1.82) is 0 Å². The van der Waals surface area contributed by atoms with Gasteiger partial charge in [-0.3, -0.25) is 4.90 Å². The highest BCUT2D eigenvalue weighted by Gasteiger charge is 2.17. The van der Waals surface area contributed by atoms with Gasteiger partial charge >= 0.3 is 0 Å². The van der Waals surface area contributed by atoms with Crippen LogP contribution in [-0.2, 0) is 6.54 Å². The number of nitrogens with zero attached hydrogens (tertiary/aromatic N) is 1. The average Bonchev–Trinajstić information content (AvgIpc) is 2.25. The molecule has 0 atom stereocenters. The molecule has 1 aromatic rings. The molecule has 0 saturated carbocycles. The summed E-state index contributed by atoms with van der Waals surface area (Å²) in [5.74, 6) is -0.135. The van der Waals surface area contributed by atoms with E-state index in [-0.39, 0.29) is 18.2 Å². The third-order valence-corrected chi connectivity index (χ3v) is 3.53. The zero-order valence-corrected chi connectivity index (χ0v) is 11.9. The molecule has 0 bridgehead atoms. The number of nitrogens with two attached hydrogens (primary N) is 1. The van der Waals surface area contributed by atoms with Crippen LogP contribution in [0, 0.1) is 5.82 Å². The van der Waals surface area contributed by atoms with E-state index in [0.29, 0.717) is 12.6 Å². The fourth-order valence-corrected chi connectivity index (χ4v) is 2.34. The molecule has 2 N–H and O–H groups in total. The summed E-state index contributed by atoms with van der Waals surface area (Å²) >= 11 is 3.26. The molecular weight excluding hydrogens is 307 g/mol. The number of halogens is 3. The maximum atomic E-state index is 13.6. The second-order valence-electron chi connectivity index (χ2n) is 4.35. The quantitative estimate of drug-likeness (QED) is 0.907. The maximum Gasteiger partial charge on any atom is 0.128 e. The first-order chi connectivity index (χ1) is 7.65. The predicted octanol–water partition coefficient (Wildman–Crippen LogP) is 2.93. The Kier molecular flexibility index (Phi) is 5.86. The van der Waals surface area contributed by atoms with Gasteiger partial charge in [0.2, 0.25) is 0 Å². The first-order valence-electron chi connectivity index (χ1n) is 5.57. The Balaban J connectivity index is 0.00000144. The summed E-state index contributed by atoms with van der Waals surface area (Å²) in [5.41, 5.74) is 6.60. The molecule has 96 valence electrons. The summed E-state index contributed by atoms with van der Waals surface area (Å²) in [6.07, 6.45) is 2.02. The molecule has 0 amide bonds. The summed E-state index contributed by atoms with van der Waals surface area (Å²) in [4.78, 5) is 2.26. The molecular formula is C12H17BrClFN2. The molecule has 0 unspecified atom stereocenters. The zero-order chi connectivity index (χ0) is 11.5. The maximum absolute atomic E-state index is 13.6. The summed E-state index contributed by atoms with van der Waals surface area (Å²) in [5, 5.41) is 0. The molecule has 1 aliphatic rings. The molecule has 1 aliphatic heterocycles. The van der Waals surface area contributed by atoms with Crippen LogP contribution >= 0.6 is 28.3 Å². The molecule has 0 aliphatic carbocycles. The lowest BCUT2D eigenvalue weighted by Crippen LogP contribution is -2.39. The number of hydrogen-bond donors (Lipinski definition) is 1. The van der Waals surface area contributed by atoms with Gasteiger partial charge in [-0.15, -0.1) is 12.4 Å². The van der Waals surface area contributed by atoms with Gasteiger partial charge in [0.1, 0.15) is 5.82 Å². The van der Waals surface area contributed by atoms with Crippen LogP contribution in [0.1, 0.15) is 18.4 Å². The third-order valence-electron chi connectivity index (χ3n) is 3.04. The van der Waals surface area contributed by atoms with Crippen molar-refractivity contribution in [2.75, 3.05) is 13.1 Å². The Bertz CT molecular complexity index is 368. The Labute approximate surface area is 116 Å². The Hall–Kier alpha value is -0.160. The smallest absolute Gasteiger partial charge is 0.128 e. The van der Waals surface area contributed by atoms with Gasteiger partial charge in [-0.05, 0) is 38.1 Å². The fourth-order valence-electron chi connectivity index (χ4n) is 2.00. The van der Waals surface area contributed by atoms with E-state index >= 15 is 0 Å². The fraction of sp³-hybridized carbons (Fsp3) is 0.500. The lowest BCUT2D eigenvalue weighted by atomic mass is 10.1. The summed E-state index contributed by atoms with van der Waals surface area (Å²) in [6.45, 7) is 2.62. The van der Waals surface area contributed by atoms with Crippen molar-refractivity contribution >= 4 is 28.3 Å². The topological polar surface area (TPSA) is 29.3 Å². The number of likely N-dealkylation sites (tertiary alicyclic amines) is 1. The average molecular weight is 324 g/mol. The van der Waals surface area contributed by atoms with Gasteiger partial charge in [-0.2, -0.15) is 0 Å². The molecule has 0 aromatic heterocycles. The summed E-state index contributed by atoms with van der Waals surface area (Å²) in [6, 6.07) is 5.57. The SMILES string of the molecule is Cl.NC1CCN(Cc2ccc(Br)cc2F)CC1. The lowest BCUT2D eigenvalue weighted by molar-refractivity contribution is 0.203. The van der Waals surface area contributed by atoms with Gasteiger partial charge in [0.15, 0.2) is 0 Å². The van der Waals surface area contributed by atoms with E-state index in [9.17, 15) is 4.39 Å². The van der Waals surface area contributed by atoms with Crippen molar-refractivity contribution in [2.24, 2.45) is 5.73 Å². The van der Waals surface area contributed by atoms with E-state index in [1.165, 1.54) is 6.07 Å². The summed E-state index contributed by atoms with van der Waals surface area (Å²) in [7, 11) is 0. The molecule has 1 fully saturated rings. The van der Waals surface area contributed by atoms with Crippen molar-refractivity contribution in [3.8, 4) is 0 Å². The minimum absolute atomic E-state index is 0. The van der Waals surface area contributed by atoms with E-state index in [0.717, 1.165) is 36.0 Å². The normalized spacial score (nSPS) is 17.8. The van der Waals surface area contributed by atoms with Crippen LogP contribution < -0.4 is 5.73 Å².